The predicted octanol–water partition coefficient (Wildman–Crippen LogP) is 1.21. The maximum absolute atomic E-state index is 4.48. The van der Waals surface area contributed by atoms with E-state index in [4.69, 9.17) is 0 Å². The van der Waals surface area contributed by atoms with Crippen LogP contribution in [-0.4, -0.2) is 25.9 Å². The molecular weight excluding hydrogens is 238 g/mol. The molecule has 2 aromatic rings. The van der Waals surface area contributed by atoms with Gasteiger partial charge in [-0.05, 0) is 13.0 Å². The van der Waals surface area contributed by atoms with E-state index < -0.39 is 0 Å². The lowest BCUT2D eigenvalue weighted by Crippen LogP contribution is -2.32. The third-order valence-electron chi connectivity index (χ3n) is 3.03. The lowest BCUT2D eigenvalue weighted by Gasteiger charge is -2.23. The van der Waals surface area contributed by atoms with Crippen LogP contribution in [0.4, 0.5) is 0 Å². The van der Waals surface area contributed by atoms with Crippen molar-refractivity contribution in [1.29, 1.82) is 0 Å². The highest BCUT2D eigenvalue weighted by molar-refractivity contribution is 5.85. The van der Waals surface area contributed by atoms with Gasteiger partial charge < -0.3 is 9.88 Å². The Morgan fingerprint density at radius 1 is 1.53 bits per heavy atom. The fourth-order valence-electron chi connectivity index (χ4n) is 2.20. The van der Waals surface area contributed by atoms with Gasteiger partial charge in [0.25, 0.3) is 0 Å². The molecule has 17 heavy (non-hydrogen) atoms. The van der Waals surface area contributed by atoms with E-state index in [9.17, 15) is 0 Å². The van der Waals surface area contributed by atoms with Gasteiger partial charge in [0.05, 0.1) is 24.5 Å². The molecule has 0 fully saturated rings. The summed E-state index contributed by atoms with van der Waals surface area (Å²) in [6, 6.07) is 2.29. The first kappa shape index (κ1) is 12.1. The van der Waals surface area contributed by atoms with Gasteiger partial charge in [0, 0.05) is 25.5 Å². The second kappa shape index (κ2) is 4.89. The van der Waals surface area contributed by atoms with Gasteiger partial charge in [0.15, 0.2) is 0 Å². The van der Waals surface area contributed by atoms with E-state index >= 15 is 0 Å². The Balaban J connectivity index is 0.00000108. The summed E-state index contributed by atoms with van der Waals surface area (Å²) in [6.07, 6.45) is 5.74. The van der Waals surface area contributed by atoms with Crippen molar-refractivity contribution in [2.24, 2.45) is 0 Å². The average molecular weight is 254 g/mol. The summed E-state index contributed by atoms with van der Waals surface area (Å²) < 4.78 is 4.22. The maximum Gasteiger partial charge on any atom is 0.125 e. The number of fused-ring (bicyclic) bond motifs is 1. The highest BCUT2D eigenvalue weighted by atomic mass is 35.5. The summed E-state index contributed by atoms with van der Waals surface area (Å²) in [7, 11) is 0. The zero-order valence-corrected chi connectivity index (χ0v) is 10.5. The van der Waals surface area contributed by atoms with E-state index in [2.05, 4.69) is 26.9 Å². The number of imidazole rings is 1. The van der Waals surface area contributed by atoms with Crippen LogP contribution in [0.25, 0.3) is 0 Å². The monoisotopic (exact) mass is 253 g/mol. The zero-order chi connectivity index (χ0) is 11.0. The molecule has 3 rings (SSSR count). The molecule has 0 bridgehead atoms. The fourth-order valence-corrected chi connectivity index (χ4v) is 2.20. The van der Waals surface area contributed by atoms with Crippen LogP contribution in [0.2, 0.25) is 0 Å². The molecule has 2 aromatic heterocycles. The molecule has 0 aliphatic carbocycles. The van der Waals surface area contributed by atoms with Crippen LogP contribution in [0.5, 0.6) is 0 Å². The Labute approximate surface area is 106 Å². The van der Waals surface area contributed by atoms with Crippen LogP contribution in [0.15, 0.2) is 24.7 Å². The molecule has 0 aromatic carbocycles. The molecule has 0 spiro atoms. The number of aromatic nitrogens is 4. The highest BCUT2D eigenvalue weighted by Crippen LogP contribution is 2.17. The number of nitrogens with zero attached hydrogens (tertiary/aromatic N) is 4. The van der Waals surface area contributed by atoms with Crippen LogP contribution in [0.1, 0.15) is 24.5 Å². The SMILES string of the molecule is CC1NCCn2c(Cn3cccn3)cnc21.Cl. The van der Waals surface area contributed by atoms with E-state index in [-0.39, 0.29) is 12.4 Å². The van der Waals surface area contributed by atoms with Crippen LogP contribution in [0, 0.1) is 0 Å². The first-order valence-electron chi connectivity index (χ1n) is 5.60. The third kappa shape index (κ3) is 2.21. The van der Waals surface area contributed by atoms with Crippen molar-refractivity contribution in [2.75, 3.05) is 6.54 Å². The summed E-state index contributed by atoms with van der Waals surface area (Å²) in [5.41, 5.74) is 1.23. The number of hydrogen-bond donors (Lipinski definition) is 1. The Morgan fingerprint density at radius 3 is 3.18 bits per heavy atom. The molecule has 1 N–H and O–H groups in total. The van der Waals surface area contributed by atoms with E-state index in [1.165, 1.54) is 5.69 Å². The fraction of sp³-hybridized carbons (Fsp3) is 0.455. The van der Waals surface area contributed by atoms with Gasteiger partial charge in [-0.25, -0.2) is 4.98 Å². The topological polar surface area (TPSA) is 47.7 Å². The molecule has 0 radical (unpaired) electrons. The van der Waals surface area contributed by atoms with Crippen molar-refractivity contribution in [1.82, 2.24) is 24.6 Å². The second-order valence-corrected chi connectivity index (χ2v) is 4.14. The Kier molecular flexibility index (Phi) is 3.49. The lowest BCUT2D eigenvalue weighted by atomic mass is 10.2. The quantitative estimate of drug-likeness (QED) is 0.875. The molecule has 0 saturated carbocycles. The summed E-state index contributed by atoms with van der Waals surface area (Å²) in [6.45, 7) is 4.95. The number of hydrogen-bond acceptors (Lipinski definition) is 3. The molecule has 5 nitrogen and oxygen atoms in total. The van der Waals surface area contributed by atoms with E-state index in [1.54, 1.807) is 6.20 Å². The van der Waals surface area contributed by atoms with Gasteiger partial charge in [-0.3, -0.25) is 4.68 Å². The Morgan fingerprint density at radius 2 is 2.41 bits per heavy atom. The normalized spacial score (nSPS) is 18.5. The van der Waals surface area contributed by atoms with Crippen molar-refractivity contribution in [3.05, 3.63) is 36.2 Å². The first-order valence-corrected chi connectivity index (χ1v) is 5.60. The van der Waals surface area contributed by atoms with Crippen LogP contribution >= 0.6 is 12.4 Å². The molecule has 0 amide bonds. The number of rotatable bonds is 2. The minimum Gasteiger partial charge on any atom is -0.328 e. The van der Waals surface area contributed by atoms with Gasteiger partial charge in [0.1, 0.15) is 5.82 Å². The third-order valence-corrected chi connectivity index (χ3v) is 3.03. The van der Waals surface area contributed by atoms with Crippen molar-refractivity contribution in [3.63, 3.8) is 0 Å². The van der Waals surface area contributed by atoms with Crippen molar-refractivity contribution in [3.8, 4) is 0 Å². The van der Waals surface area contributed by atoms with Gasteiger partial charge >= 0.3 is 0 Å². The van der Waals surface area contributed by atoms with Crippen LogP contribution in [-0.2, 0) is 13.1 Å². The Hall–Kier alpha value is -1.33. The molecular formula is C11H16ClN5. The van der Waals surface area contributed by atoms with Crippen LogP contribution in [0.3, 0.4) is 0 Å². The smallest absolute Gasteiger partial charge is 0.125 e. The summed E-state index contributed by atoms with van der Waals surface area (Å²) in [4.78, 5) is 4.48. The molecule has 0 saturated heterocycles. The molecule has 1 aliphatic heterocycles. The molecule has 6 heteroatoms. The predicted molar refractivity (Wildman–Crippen MR) is 67.2 cm³/mol. The summed E-state index contributed by atoms with van der Waals surface area (Å²) >= 11 is 0. The lowest BCUT2D eigenvalue weighted by molar-refractivity contribution is 0.425. The van der Waals surface area contributed by atoms with Gasteiger partial charge in [0.2, 0.25) is 0 Å². The maximum atomic E-state index is 4.48. The number of halogens is 1. The second-order valence-electron chi connectivity index (χ2n) is 4.14. The van der Waals surface area contributed by atoms with E-state index in [1.807, 2.05) is 23.1 Å². The van der Waals surface area contributed by atoms with Crippen molar-refractivity contribution in [2.45, 2.75) is 26.1 Å². The van der Waals surface area contributed by atoms with Gasteiger partial charge in [-0.2, -0.15) is 5.10 Å². The minimum atomic E-state index is 0. The van der Waals surface area contributed by atoms with Crippen LogP contribution < -0.4 is 5.32 Å². The van der Waals surface area contributed by atoms with E-state index in [0.29, 0.717) is 6.04 Å². The zero-order valence-electron chi connectivity index (χ0n) is 9.71. The van der Waals surface area contributed by atoms with Crippen molar-refractivity contribution < 1.29 is 0 Å². The molecule has 1 atom stereocenters. The molecule has 92 valence electrons. The standard InChI is InChI=1S/C11H15N5.ClH/c1-9-11-13-7-10(16(11)6-4-12-9)8-15-5-2-3-14-15;/h2-3,5,7,9,12H,4,6,8H2,1H3;1H. The summed E-state index contributed by atoms with van der Waals surface area (Å²) in [5, 5.41) is 7.62. The first-order chi connectivity index (χ1) is 7.84. The van der Waals surface area contributed by atoms with Crippen molar-refractivity contribution >= 4 is 12.4 Å². The molecule has 1 unspecified atom stereocenters. The number of nitrogens with one attached hydrogen (secondary N) is 1. The largest absolute Gasteiger partial charge is 0.328 e. The van der Waals surface area contributed by atoms with Gasteiger partial charge in [-0.15, -0.1) is 12.4 Å². The highest BCUT2D eigenvalue weighted by Gasteiger charge is 2.19. The molecule has 1 aliphatic rings. The van der Waals surface area contributed by atoms with Gasteiger partial charge in [-0.1, -0.05) is 0 Å². The minimum absolute atomic E-state index is 0. The Bertz CT molecular complexity index is 476. The summed E-state index contributed by atoms with van der Waals surface area (Å²) in [5.74, 6) is 1.13. The average Bonchev–Trinajstić information content (AvgIpc) is 2.90. The van der Waals surface area contributed by atoms with E-state index in [0.717, 1.165) is 25.5 Å². The molecule has 3 heterocycles.